The maximum absolute atomic E-state index is 12.1. The Bertz CT molecular complexity index is 350. The zero-order valence-corrected chi connectivity index (χ0v) is 10.8. The van der Waals surface area contributed by atoms with Gasteiger partial charge < -0.3 is 0 Å². The van der Waals surface area contributed by atoms with Crippen LogP contribution in [-0.2, 0) is 10.8 Å². The van der Waals surface area contributed by atoms with Crippen LogP contribution in [0, 0.1) is 12.8 Å². The van der Waals surface area contributed by atoms with Gasteiger partial charge in [-0.2, -0.15) is 0 Å². The molecule has 0 aromatic heterocycles. The minimum atomic E-state index is -0.789. The minimum absolute atomic E-state index is 0.691. The summed E-state index contributed by atoms with van der Waals surface area (Å²) in [4.78, 5) is 0.996. The number of rotatable bonds is 3. The number of hydrogen-bond donors (Lipinski definition) is 0. The van der Waals surface area contributed by atoms with Crippen molar-refractivity contribution in [2.45, 2.75) is 43.9 Å². The van der Waals surface area contributed by atoms with Gasteiger partial charge in [0.15, 0.2) is 0 Å². The van der Waals surface area contributed by atoms with E-state index in [4.69, 9.17) is 0 Å². The summed E-state index contributed by atoms with van der Waals surface area (Å²) in [5.41, 5.74) is 1.23. The Kier molecular flexibility index (Phi) is 4.16. The molecule has 0 radical (unpaired) electrons. The summed E-state index contributed by atoms with van der Waals surface area (Å²) in [6.07, 6.45) is 6.58. The van der Waals surface area contributed by atoms with Crippen molar-refractivity contribution >= 4 is 10.8 Å². The largest absolute Gasteiger partial charge is 0.254 e. The SMILES string of the molecule is Cc1ccc(S(=O)CC2CCCCC2)cc1. The molecule has 0 bridgehead atoms. The van der Waals surface area contributed by atoms with Crippen LogP contribution in [0.15, 0.2) is 29.2 Å². The number of hydrogen-bond acceptors (Lipinski definition) is 1. The lowest BCUT2D eigenvalue weighted by atomic mass is 9.91. The van der Waals surface area contributed by atoms with Crippen LogP contribution in [0.3, 0.4) is 0 Å². The van der Waals surface area contributed by atoms with Gasteiger partial charge >= 0.3 is 0 Å². The van der Waals surface area contributed by atoms with Crippen LogP contribution >= 0.6 is 0 Å². The molecule has 1 nitrogen and oxygen atoms in total. The van der Waals surface area contributed by atoms with E-state index in [0.29, 0.717) is 5.92 Å². The van der Waals surface area contributed by atoms with Crippen molar-refractivity contribution in [3.63, 3.8) is 0 Å². The highest BCUT2D eigenvalue weighted by atomic mass is 32.2. The number of aryl methyl sites for hydroxylation is 1. The fourth-order valence-electron chi connectivity index (χ4n) is 2.35. The molecule has 1 aliphatic rings. The summed E-state index contributed by atoms with van der Waals surface area (Å²) in [5.74, 6) is 1.55. The summed E-state index contributed by atoms with van der Waals surface area (Å²) in [5, 5.41) is 0. The van der Waals surface area contributed by atoms with Crippen LogP contribution in [0.1, 0.15) is 37.7 Å². The average molecular weight is 236 g/mol. The van der Waals surface area contributed by atoms with Gasteiger partial charge in [0.25, 0.3) is 0 Å². The van der Waals surface area contributed by atoms with Crippen LogP contribution < -0.4 is 0 Å². The van der Waals surface area contributed by atoms with E-state index in [1.165, 1.54) is 37.7 Å². The monoisotopic (exact) mass is 236 g/mol. The summed E-state index contributed by atoms with van der Waals surface area (Å²) >= 11 is 0. The molecular formula is C14H20OS. The van der Waals surface area contributed by atoms with Gasteiger partial charge in [-0.1, -0.05) is 37.0 Å². The molecule has 1 aromatic carbocycles. The molecular weight excluding hydrogens is 216 g/mol. The Balaban J connectivity index is 1.94. The minimum Gasteiger partial charge on any atom is -0.254 e. The fraction of sp³-hybridized carbons (Fsp3) is 0.571. The Morgan fingerprint density at radius 2 is 1.75 bits per heavy atom. The highest BCUT2D eigenvalue weighted by Crippen LogP contribution is 2.25. The van der Waals surface area contributed by atoms with Gasteiger partial charge in [-0.05, 0) is 37.8 Å². The van der Waals surface area contributed by atoms with E-state index >= 15 is 0 Å². The predicted molar refractivity (Wildman–Crippen MR) is 69.0 cm³/mol. The Morgan fingerprint density at radius 1 is 1.12 bits per heavy atom. The second-order valence-electron chi connectivity index (χ2n) is 4.83. The van der Waals surface area contributed by atoms with Crippen LogP contribution in [-0.4, -0.2) is 9.96 Å². The van der Waals surface area contributed by atoms with Gasteiger partial charge in [-0.15, -0.1) is 0 Å². The van der Waals surface area contributed by atoms with Crippen molar-refractivity contribution in [2.24, 2.45) is 5.92 Å². The van der Waals surface area contributed by atoms with E-state index in [1.54, 1.807) is 0 Å². The van der Waals surface area contributed by atoms with Crippen molar-refractivity contribution in [3.8, 4) is 0 Å². The standard InChI is InChI=1S/C14H20OS/c1-12-7-9-14(10-8-12)16(15)11-13-5-3-2-4-6-13/h7-10,13H,2-6,11H2,1H3. The Morgan fingerprint density at radius 3 is 2.38 bits per heavy atom. The lowest BCUT2D eigenvalue weighted by Gasteiger charge is -2.20. The van der Waals surface area contributed by atoms with Gasteiger partial charge in [0.1, 0.15) is 0 Å². The van der Waals surface area contributed by atoms with Gasteiger partial charge in [0, 0.05) is 10.6 Å². The molecule has 0 amide bonds. The molecule has 1 aliphatic carbocycles. The van der Waals surface area contributed by atoms with E-state index in [0.717, 1.165) is 10.6 Å². The molecule has 0 aliphatic heterocycles. The maximum Gasteiger partial charge on any atom is 0.0532 e. The van der Waals surface area contributed by atoms with Crippen molar-refractivity contribution in [1.82, 2.24) is 0 Å². The van der Waals surface area contributed by atoms with Crippen molar-refractivity contribution in [3.05, 3.63) is 29.8 Å². The lowest BCUT2D eigenvalue weighted by molar-refractivity contribution is 0.388. The molecule has 0 spiro atoms. The molecule has 0 saturated heterocycles. The van der Waals surface area contributed by atoms with Gasteiger partial charge in [0.2, 0.25) is 0 Å². The molecule has 1 saturated carbocycles. The van der Waals surface area contributed by atoms with Crippen LogP contribution in [0.25, 0.3) is 0 Å². The van der Waals surface area contributed by atoms with Crippen LogP contribution in [0.4, 0.5) is 0 Å². The van der Waals surface area contributed by atoms with E-state index in [1.807, 2.05) is 24.3 Å². The van der Waals surface area contributed by atoms with Crippen molar-refractivity contribution in [2.75, 3.05) is 5.75 Å². The smallest absolute Gasteiger partial charge is 0.0532 e. The lowest BCUT2D eigenvalue weighted by Crippen LogP contribution is -2.14. The molecule has 0 heterocycles. The predicted octanol–water partition coefficient (Wildman–Crippen LogP) is 3.68. The Hall–Kier alpha value is -0.630. The maximum atomic E-state index is 12.1. The van der Waals surface area contributed by atoms with Gasteiger partial charge in [-0.3, -0.25) is 4.21 Å². The van der Waals surface area contributed by atoms with E-state index in [2.05, 4.69) is 6.92 Å². The van der Waals surface area contributed by atoms with E-state index in [-0.39, 0.29) is 0 Å². The molecule has 1 aromatic rings. The molecule has 0 N–H and O–H groups in total. The molecule has 2 heteroatoms. The first-order valence-electron chi connectivity index (χ1n) is 6.21. The van der Waals surface area contributed by atoms with E-state index < -0.39 is 10.8 Å². The molecule has 1 fully saturated rings. The fourth-order valence-corrected chi connectivity index (χ4v) is 3.75. The van der Waals surface area contributed by atoms with Crippen LogP contribution in [0.2, 0.25) is 0 Å². The number of benzene rings is 1. The third-order valence-corrected chi connectivity index (χ3v) is 4.97. The third kappa shape index (κ3) is 3.18. The quantitative estimate of drug-likeness (QED) is 0.782. The summed E-state index contributed by atoms with van der Waals surface area (Å²) in [6, 6.07) is 8.12. The highest BCUT2D eigenvalue weighted by Gasteiger charge is 2.16. The second kappa shape index (κ2) is 5.62. The summed E-state index contributed by atoms with van der Waals surface area (Å²) in [7, 11) is -0.789. The third-order valence-electron chi connectivity index (χ3n) is 3.40. The normalized spacial score (nSPS) is 19.6. The van der Waals surface area contributed by atoms with Gasteiger partial charge in [0.05, 0.1) is 10.8 Å². The van der Waals surface area contributed by atoms with Crippen molar-refractivity contribution in [1.29, 1.82) is 0 Å². The molecule has 1 unspecified atom stereocenters. The highest BCUT2D eigenvalue weighted by molar-refractivity contribution is 7.85. The topological polar surface area (TPSA) is 17.1 Å². The molecule has 2 rings (SSSR count). The van der Waals surface area contributed by atoms with Gasteiger partial charge in [-0.25, -0.2) is 0 Å². The second-order valence-corrected chi connectivity index (χ2v) is 6.33. The first kappa shape index (κ1) is 11.8. The summed E-state index contributed by atoms with van der Waals surface area (Å²) < 4.78 is 12.1. The summed E-state index contributed by atoms with van der Waals surface area (Å²) in [6.45, 7) is 2.06. The first-order chi connectivity index (χ1) is 7.75. The molecule has 88 valence electrons. The Labute approximate surface area is 101 Å². The van der Waals surface area contributed by atoms with Crippen molar-refractivity contribution < 1.29 is 4.21 Å². The van der Waals surface area contributed by atoms with Crippen LogP contribution in [0.5, 0.6) is 0 Å². The molecule has 1 atom stereocenters. The zero-order valence-electron chi connectivity index (χ0n) is 9.95. The van der Waals surface area contributed by atoms with E-state index in [9.17, 15) is 4.21 Å². The molecule has 16 heavy (non-hydrogen) atoms. The first-order valence-corrected chi connectivity index (χ1v) is 7.52. The average Bonchev–Trinajstić information content (AvgIpc) is 2.31. The zero-order chi connectivity index (χ0) is 11.4.